The van der Waals surface area contributed by atoms with Crippen LogP contribution < -0.4 is 9.64 Å². The molecule has 2 aliphatic carbocycles. The largest absolute Gasteiger partial charge is 0.508 e. The zero-order valence-corrected chi connectivity index (χ0v) is 30.7. The number of nitrogens with zero attached hydrogens (tertiary/aromatic N) is 6. The van der Waals surface area contributed by atoms with Gasteiger partial charge in [0.25, 0.3) is 0 Å². The van der Waals surface area contributed by atoms with Crippen LogP contribution >= 0.6 is 0 Å². The summed E-state index contributed by atoms with van der Waals surface area (Å²) < 4.78 is 44.5. The van der Waals surface area contributed by atoms with Gasteiger partial charge in [0.15, 0.2) is 5.82 Å². The molecule has 3 aliphatic heterocycles. The molecule has 1 amide bonds. The summed E-state index contributed by atoms with van der Waals surface area (Å²) in [5, 5.41) is 12.3. The lowest BCUT2D eigenvalue weighted by Gasteiger charge is -2.63. The van der Waals surface area contributed by atoms with E-state index >= 15 is 8.78 Å². The summed E-state index contributed by atoms with van der Waals surface area (Å²) in [6.45, 7) is 9.26. The molecule has 280 valence electrons. The molecule has 5 fully saturated rings. The number of rotatable bonds is 7. The van der Waals surface area contributed by atoms with E-state index in [4.69, 9.17) is 19.4 Å². The number of hydrogen-bond donors (Lipinski definition) is 1. The summed E-state index contributed by atoms with van der Waals surface area (Å²) >= 11 is 0. The van der Waals surface area contributed by atoms with Crippen LogP contribution in [0.25, 0.3) is 32.9 Å². The minimum atomic E-state index is -0.667. The number of benzene rings is 2. The Morgan fingerprint density at radius 3 is 2.70 bits per heavy atom. The van der Waals surface area contributed by atoms with Crippen molar-refractivity contribution in [3.8, 4) is 23.0 Å². The normalized spacial score (nSPS) is 24.6. The van der Waals surface area contributed by atoms with Crippen LogP contribution in [0, 0.1) is 22.5 Å². The van der Waals surface area contributed by atoms with Crippen molar-refractivity contribution in [3.05, 3.63) is 47.7 Å². The maximum atomic E-state index is 17.1. The molecule has 4 aromatic rings. The van der Waals surface area contributed by atoms with Gasteiger partial charge in [-0.25, -0.2) is 8.78 Å². The lowest BCUT2D eigenvalue weighted by Crippen LogP contribution is -2.69. The van der Waals surface area contributed by atoms with E-state index in [1.165, 1.54) is 12.1 Å². The van der Waals surface area contributed by atoms with Crippen molar-refractivity contribution in [1.82, 2.24) is 24.8 Å². The molecular weight excluding hydrogens is 678 g/mol. The Labute approximate surface area is 308 Å². The van der Waals surface area contributed by atoms with Gasteiger partial charge in [-0.15, -0.1) is 0 Å². The first-order valence-corrected chi connectivity index (χ1v) is 19.4. The van der Waals surface area contributed by atoms with Crippen molar-refractivity contribution in [1.29, 1.82) is 0 Å². The van der Waals surface area contributed by atoms with Gasteiger partial charge in [-0.05, 0) is 92.4 Å². The first-order chi connectivity index (χ1) is 25.7. The number of pyridine rings is 1. The number of amides is 1. The molecule has 9 rings (SSSR count). The van der Waals surface area contributed by atoms with E-state index in [9.17, 15) is 9.90 Å². The number of carbonyl (C=O) groups excluding carboxylic acids is 1. The monoisotopic (exact) mass is 726 g/mol. The molecule has 5 heterocycles. The van der Waals surface area contributed by atoms with Crippen LogP contribution in [0.1, 0.15) is 70.8 Å². The summed E-state index contributed by atoms with van der Waals surface area (Å²) in [6.07, 6.45) is 10.6. The minimum Gasteiger partial charge on any atom is -0.508 e. The molecule has 2 aromatic carbocycles. The number of likely N-dealkylation sites (tertiary alicyclic amines) is 2. The number of halogens is 2. The van der Waals surface area contributed by atoms with Crippen LogP contribution in [0.5, 0.6) is 11.8 Å². The second kappa shape index (κ2) is 13.3. The molecule has 2 aromatic heterocycles. The van der Waals surface area contributed by atoms with Gasteiger partial charge in [0.2, 0.25) is 5.91 Å². The molecule has 2 atom stereocenters. The third-order valence-electron chi connectivity index (χ3n) is 13.1. The average Bonchev–Trinajstić information content (AvgIpc) is 3.36. The molecular formula is C41H48F2N6O4. The highest BCUT2D eigenvalue weighted by atomic mass is 19.1. The van der Waals surface area contributed by atoms with Crippen molar-refractivity contribution >= 4 is 33.4 Å². The summed E-state index contributed by atoms with van der Waals surface area (Å²) in [6, 6.07) is 7.06. The second-order valence-electron chi connectivity index (χ2n) is 16.3. The van der Waals surface area contributed by atoms with Crippen molar-refractivity contribution in [3.63, 3.8) is 0 Å². The summed E-state index contributed by atoms with van der Waals surface area (Å²) in [7, 11) is 0. The van der Waals surface area contributed by atoms with Crippen LogP contribution in [-0.2, 0) is 16.0 Å². The van der Waals surface area contributed by atoms with Crippen LogP contribution in [-0.4, -0.2) is 100 Å². The number of aromatic hydroxyl groups is 1. The number of aromatic nitrogens is 3. The van der Waals surface area contributed by atoms with Crippen molar-refractivity contribution in [2.75, 3.05) is 57.4 Å². The third-order valence-corrected chi connectivity index (χ3v) is 13.1. The molecule has 2 unspecified atom stereocenters. The number of ether oxygens (including phenoxy) is 2. The molecule has 2 saturated carbocycles. The van der Waals surface area contributed by atoms with Gasteiger partial charge in [-0.2, -0.15) is 9.97 Å². The number of piperidine rings is 1. The Bertz CT molecular complexity index is 2080. The molecule has 5 aliphatic rings. The third kappa shape index (κ3) is 5.87. The first-order valence-electron chi connectivity index (χ1n) is 19.4. The van der Waals surface area contributed by atoms with Gasteiger partial charge < -0.3 is 24.4 Å². The SMILES string of the molecule is CCc1c(F)ccc2cc(O)cc(-c3ncc4c(N5CCCOCC5)nc(OCC56CCCC5N(C5CC7(C5)CN(C(C)=O)C7)CCC6)nc4c3F)c12. The number of phenols is 1. The molecule has 1 spiro atoms. The maximum Gasteiger partial charge on any atom is 0.319 e. The summed E-state index contributed by atoms with van der Waals surface area (Å²) in [4.78, 5) is 33.0. The fourth-order valence-electron chi connectivity index (χ4n) is 10.5. The summed E-state index contributed by atoms with van der Waals surface area (Å²) in [5.74, 6) is -0.385. The van der Waals surface area contributed by atoms with Crippen LogP contribution in [0.3, 0.4) is 0 Å². The van der Waals surface area contributed by atoms with Gasteiger partial charge in [-0.1, -0.05) is 19.4 Å². The lowest BCUT2D eigenvalue weighted by atomic mass is 9.59. The van der Waals surface area contributed by atoms with E-state index in [-0.39, 0.29) is 40.1 Å². The lowest BCUT2D eigenvalue weighted by molar-refractivity contribution is -0.162. The minimum absolute atomic E-state index is 0.0120. The Hall–Kier alpha value is -4.16. The molecule has 53 heavy (non-hydrogen) atoms. The molecule has 0 radical (unpaired) electrons. The van der Waals surface area contributed by atoms with Gasteiger partial charge in [0, 0.05) is 74.4 Å². The van der Waals surface area contributed by atoms with E-state index < -0.39 is 5.82 Å². The van der Waals surface area contributed by atoms with Crippen molar-refractivity contribution < 1.29 is 28.2 Å². The number of fused-ring (bicyclic) bond motifs is 3. The fourth-order valence-corrected chi connectivity index (χ4v) is 10.5. The van der Waals surface area contributed by atoms with E-state index in [2.05, 4.69) is 14.8 Å². The topological polar surface area (TPSA) is 104 Å². The Balaban J connectivity index is 1.06. The zero-order valence-electron chi connectivity index (χ0n) is 30.7. The zero-order chi connectivity index (χ0) is 36.5. The fraction of sp³-hybridized carbons (Fsp3) is 0.561. The Morgan fingerprint density at radius 1 is 1.06 bits per heavy atom. The maximum absolute atomic E-state index is 17.1. The van der Waals surface area contributed by atoms with E-state index in [1.54, 1.807) is 25.3 Å². The molecule has 10 nitrogen and oxygen atoms in total. The number of carbonyl (C=O) groups is 1. The molecule has 3 saturated heterocycles. The van der Waals surface area contributed by atoms with Crippen molar-refractivity contribution in [2.24, 2.45) is 10.8 Å². The average molecular weight is 727 g/mol. The number of anilines is 1. The van der Waals surface area contributed by atoms with Crippen molar-refractivity contribution in [2.45, 2.75) is 83.7 Å². The number of phenolic OH excluding ortho intramolecular Hbond substituents is 1. The molecule has 0 bridgehead atoms. The first kappa shape index (κ1) is 34.6. The van der Waals surface area contributed by atoms with E-state index in [0.717, 1.165) is 71.0 Å². The molecule has 12 heteroatoms. The Morgan fingerprint density at radius 2 is 1.89 bits per heavy atom. The number of hydrogen-bond acceptors (Lipinski definition) is 9. The van der Waals surface area contributed by atoms with E-state index in [0.29, 0.717) is 89.9 Å². The standard InChI is InChI=1S/C41H48F2N6O4/c1-3-29-32(42)9-8-26-17-28(51)18-30(34(26)29)36-35(43)37-31(21-44-36)38(47-12-6-15-52-16-14-47)46-39(45-37)53-24-41-10-4-7-33(41)49(13-5-11-41)27-19-40(20-27)22-48(23-40)25(2)50/h8-9,17-18,21,27,33,51H,3-7,10-16,19-20,22-24H2,1-2H3. The highest BCUT2D eigenvalue weighted by molar-refractivity contribution is 6.01. The highest BCUT2D eigenvalue weighted by Gasteiger charge is 2.58. The second-order valence-corrected chi connectivity index (χ2v) is 16.3. The smallest absolute Gasteiger partial charge is 0.319 e. The predicted octanol–water partition coefficient (Wildman–Crippen LogP) is 6.64. The van der Waals surface area contributed by atoms with Gasteiger partial charge in [0.05, 0.1) is 18.6 Å². The quantitative estimate of drug-likeness (QED) is 0.225. The van der Waals surface area contributed by atoms with Crippen LogP contribution in [0.4, 0.5) is 14.6 Å². The van der Waals surface area contributed by atoms with E-state index in [1.807, 2.05) is 11.8 Å². The van der Waals surface area contributed by atoms with Gasteiger partial charge >= 0.3 is 6.01 Å². The Kier molecular flexibility index (Phi) is 8.68. The van der Waals surface area contributed by atoms with Crippen LogP contribution in [0.2, 0.25) is 0 Å². The van der Waals surface area contributed by atoms with Crippen LogP contribution in [0.15, 0.2) is 30.5 Å². The number of aryl methyl sites for hydroxylation is 1. The predicted molar refractivity (Wildman–Crippen MR) is 198 cm³/mol. The van der Waals surface area contributed by atoms with Gasteiger partial charge in [-0.3, -0.25) is 14.7 Å². The summed E-state index contributed by atoms with van der Waals surface area (Å²) in [5.41, 5.74) is 1.08. The molecule has 1 N–H and O–H groups in total. The van der Waals surface area contributed by atoms with Gasteiger partial charge in [0.1, 0.15) is 28.6 Å². The highest BCUT2D eigenvalue weighted by Crippen LogP contribution is 2.55.